The molecule has 0 aliphatic heterocycles. The molecule has 0 fully saturated rings. The number of alkyl halides is 2. The molecule has 2 rings (SSSR count). The van der Waals surface area contributed by atoms with Gasteiger partial charge in [0.2, 0.25) is 5.78 Å². The molecule has 0 N–H and O–H groups in total. The van der Waals surface area contributed by atoms with Crippen LogP contribution in [-0.4, -0.2) is 5.78 Å². The van der Waals surface area contributed by atoms with Crippen LogP contribution in [0.5, 0.6) is 0 Å². The van der Waals surface area contributed by atoms with Crippen molar-refractivity contribution in [2.75, 3.05) is 0 Å². The van der Waals surface area contributed by atoms with E-state index in [4.69, 9.17) is 0 Å². The zero-order valence-electron chi connectivity index (χ0n) is 5.47. The second-order valence-corrected chi connectivity index (χ2v) is 2.45. The lowest BCUT2D eigenvalue weighted by molar-refractivity contribution is -0.00642. The highest BCUT2D eigenvalue weighted by Crippen LogP contribution is 2.43. The van der Waals surface area contributed by atoms with Crippen molar-refractivity contribution in [3.63, 3.8) is 0 Å². The van der Waals surface area contributed by atoms with Crippen LogP contribution in [0.3, 0.4) is 0 Å². The minimum atomic E-state index is -3.23. The first-order valence-electron chi connectivity index (χ1n) is 3.16. The van der Waals surface area contributed by atoms with Crippen LogP contribution < -0.4 is 0 Å². The van der Waals surface area contributed by atoms with Crippen molar-refractivity contribution in [3.05, 3.63) is 35.4 Å². The fourth-order valence-electron chi connectivity index (χ4n) is 1.18. The zero-order chi connectivity index (χ0) is 8.06. The van der Waals surface area contributed by atoms with Gasteiger partial charge in [-0.15, -0.1) is 0 Å². The highest BCUT2D eigenvalue weighted by Gasteiger charge is 2.53. The normalized spacial score (nSPS) is 18.9. The Morgan fingerprint density at radius 1 is 1.18 bits per heavy atom. The number of hydrogen-bond donors (Lipinski definition) is 0. The van der Waals surface area contributed by atoms with Gasteiger partial charge in [0.05, 0.1) is 0 Å². The predicted molar refractivity (Wildman–Crippen MR) is 34.7 cm³/mol. The van der Waals surface area contributed by atoms with Gasteiger partial charge in [0.25, 0.3) is 0 Å². The first-order chi connectivity index (χ1) is 5.14. The third-order valence-corrected chi connectivity index (χ3v) is 1.80. The Morgan fingerprint density at radius 3 is 2.45 bits per heavy atom. The Bertz CT molecular complexity index is 331. The van der Waals surface area contributed by atoms with Gasteiger partial charge in [0.15, 0.2) is 0 Å². The van der Waals surface area contributed by atoms with Gasteiger partial charge >= 0.3 is 5.92 Å². The van der Waals surface area contributed by atoms with Crippen molar-refractivity contribution in [1.82, 2.24) is 0 Å². The average Bonchev–Trinajstić information content (AvgIpc) is 2.04. The molecule has 1 aliphatic carbocycles. The molecule has 11 heavy (non-hydrogen) atoms. The molecule has 0 aromatic heterocycles. The van der Waals surface area contributed by atoms with E-state index >= 15 is 0 Å². The Morgan fingerprint density at radius 2 is 1.82 bits per heavy atom. The average molecular weight is 154 g/mol. The van der Waals surface area contributed by atoms with E-state index in [1.165, 1.54) is 18.2 Å². The van der Waals surface area contributed by atoms with Crippen molar-refractivity contribution in [2.24, 2.45) is 0 Å². The summed E-state index contributed by atoms with van der Waals surface area (Å²) in [5.74, 6) is -4.29. The monoisotopic (exact) mass is 154 g/mol. The molecular weight excluding hydrogens is 150 g/mol. The minimum absolute atomic E-state index is 0.148. The Kier molecular flexibility index (Phi) is 0.980. The summed E-state index contributed by atoms with van der Waals surface area (Å²) in [6.45, 7) is 0. The van der Waals surface area contributed by atoms with Gasteiger partial charge in [-0.25, -0.2) is 0 Å². The van der Waals surface area contributed by atoms with Crippen molar-refractivity contribution < 1.29 is 13.6 Å². The van der Waals surface area contributed by atoms with Gasteiger partial charge < -0.3 is 0 Å². The molecule has 0 atom stereocenters. The quantitative estimate of drug-likeness (QED) is 0.558. The molecule has 1 aromatic rings. The smallest absolute Gasteiger partial charge is 0.287 e. The summed E-state index contributed by atoms with van der Waals surface area (Å²) >= 11 is 0. The number of Topliss-reactive ketones (excluding diaryl/α,β-unsaturated/α-hetero) is 1. The lowest BCUT2D eigenvalue weighted by atomic mass is 9.83. The van der Waals surface area contributed by atoms with Crippen LogP contribution >= 0.6 is 0 Å². The maximum atomic E-state index is 12.6. The van der Waals surface area contributed by atoms with Crippen LogP contribution in [0, 0.1) is 0 Å². The maximum Gasteiger partial charge on any atom is 0.335 e. The van der Waals surface area contributed by atoms with Crippen LogP contribution in [0.15, 0.2) is 24.3 Å². The van der Waals surface area contributed by atoms with Crippen LogP contribution in [0.2, 0.25) is 0 Å². The number of carbonyl (C=O) groups is 1. The third kappa shape index (κ3) is 0.601. The van der Waals surface area contributed by atoms with Gasteiger partial charge in [-0.05, 0) is 0 Å². The lowest BCUT2D eigenvalue weighted by Crippen LogP contribution is -2.38. The largest absolute Gasteiger partial charge is 0.335 e. The van der Waals surface area contributed by atoms with Gasteiger partial charge in [0.1, 0.15) is 0 Å². The molecule has 1 nitrogen and oxygen atoms in total. The number of carbonyl (C=O) groups excluding carboxylic acids is 1. The molecule has 0 spiro atoms. The summed E-state index contributed by atoms with van der Waals surface area (Å²) in [6.07, 6.45) is 0. The van der Waals surface area contributed by atoms with Crippen LogP contribution in [-0.2, 0) is 5.92 Å². The third-order valence-electron chi connectivity index (χ3n) is 1.80. The summed E-state index contributed by atoms with van der Waals surface area (Å²) in [4.78, 5) is 10.6. The molecule has 56 valence electrons. The standard InChI is InChI=1S/C8H4F2O/c9-8(10)6-4-2-1-3-5(6)7(8)11/h1-4H. The minimum Gasteiger partial charge on any atom is -0.287 e. The number of fused-ring (bicyclic) bond motifs is 1. The highest BCUT2D eigenvalue weighted by molar-refractivity contribution is 6.11. The lowest BCUT2D eigenvalue weighted by Gasteiger charge is -2.26. The topological polar surface area (TPSA) is 17.1 Å². The number of hydrogen-bond acceptors (Lipinski definition) is 1. The predicted octanol–water partition coefficient (Wildman–Crippen LogP) is 1.97. The van der Waals surface area contributed by atoms with E-state index in [0.717, 1.165) is 0 Å². The van der Waals surface area contributed by atoms with Gasteiger partial charge in [-0.3, -0.25) is 4.79 Å². The summed E-state index contributed by atoms with van der Waals surface area (Å²) in [5.41, 5.74) is 0.00231. The van der Waals surface area contributed by atoms with Crippen LogP contribution in [0.1, 0.15) is 15.9 Å². The van der Waals surface area contributed by atoms with Crippen molar-refractivity contribution in [2.45, 2.75) is 5.92 Å². The summed E-state index contributed by atoms with van der Waals surface area (Å²) in [5, 5.41) is 0. The molecule has 0 heterocycles. The highest BCUT2D eigenvalue weighted by atomic mass is 19.3. The SMILES string of the molecule is O=C1c2ccccc2C1(F)F. The fourth-order valence-corrected chi connectivity index (χ4v) is 1.18. The van der Waals surface area contributed by atoms with Crippen molar-refractivity contribution in [3.8, 4) is 0 Å². The maximum absolute atomic E-state index is 12.6. The van der Waals surface area contributed by atoms with Crippen LogP contribution in [0.25, 0.3) is 0 Å². The van der Waals surface area contributed by atoms with E-state index < -0.39 is 11.7 Å². The second kappa shape index (κ2) is 1.67. The van der Waals surface area contributed by atoms with Gasteiger partial charge in [0, 0.05) is 11.1 Å². The van der Waals surface area contributed by atoms with Gasteiger partial charge in [-0.2, -0.15) is 8.78 Å². The Balaban J connectivity index is 2.65. The molecule has 0 saturated carbocycles. The molecule has 1 aliphatic rings. The van der Waals surface area contributed by atoms with E-state index in [-0.39, 0.29) is 11.1 Å². The number of ketones is 1. The zero-order valence-corrected chi connectivity index (χ0v) is 5.47. The second-order valence-electron chi connectivity index (χ2n) is 2.45. The van der Waals surface area contributed by atoms with E-state index in [1.807, 2.05) is 0 Å². The fraction of sp³-hybridized carbons (Fsp3) is 0.125. The van der Waals surface area contributed by atoms with Crippen molar-refractivity contribution >= 4 is 5.78 Å². The van der Waals surface area contributed by atoms with Crippen molar-refractivity contribution in [1.29, 1.82) is 0 Å². The molecule has 0 amide bonds. The number of rotatable bonds is 0. The Labute approximate surface area is 61.6 Å². The van der Waals surface area contributed by atoms with Crippen LogP contribution in [0.4, 0.5) is 8.78 Å². The number of halogens is 2. The molecule has 3 heteroatoms. The molecule has 0 unspecified atom stereocenters. The van der Waals surface area contributed by atoms with E-state index in [0.29, 0.717) is 0 Å². The molecule has 0 bridgehead atoms. The molecule has 0 radical (unpaired) electrons. The summed E-state index contributed by atoms with van der Waals surface area (Å²) < 4.78 is 25.1. The first kappa shape index (κ1) is 6.46. The summed E-state index contributed by atoms with van der Waals surface area (Å²) in [7, 11) is 0. The Hall–Kier alpha value is -1.25. The summed E-state index contributed by atoms with van der Waals surface area (Å²) in [6, 6.07) is 5.76. The van der Waals surface area contributed by atoms with E-state index in [1.54, 1.807) is 6.07 Å². The molecule has 0 saturated heterocycles. The van der Waals surface area contributed by atoms with E-state index in [9.17, 15) is 13.6 Å². The molecular formula is C8H4F2O. The molecule has 1 aromatic carbocycles. The van der Waals surface area contributed by atoms with E-state index in [2.05, 4.69) is 0 Å². The first-order valence-corrected chi connectivity index (χ1v) is 3.16. The number of benzene rings is 1. The van der Waals surface area contributed by atoms with Gasteiger partial charge in [-0.1, -0.05) is 24.3 Å².